The Morgan fingerprint density at radius 1 is 1.17 bits per heavy atom. The number of hydrogen-bond acceptors (Lipinski definition) is 3. The van der Waals surface area contributed by atoms with Crippen molar-refractivity contribution in [1.29, 1.82) is 0 Å². The summed E-state index contributed by atoms with van der Waals surface area (Å²) in [5.74, 6) is -1.07. The molecule has 1 aliphatic rings. The van der Waals surface area contributed by atoms with E-state index in [1.165, 1.54) is 25.3 Å². The lowest BCUT2D eigenvalue weighted by atomic mass is 9.91. The number of carbonyl (C=O) groups excluding carboxylic acids is 1. The summed E-state index contributed by atoms with van der Waals surface area (Å²) in [5.41, 5.74) is -0.361. The largest absolute Gasteiger partial charge is 0.338 e. The molecule has 1 aromatic carbocycles. The van der Waals surface area contributed by atoms with Crippen LogP contribution in [0.5, 0.6) is 0 Å². The fraction of sp³-hybridized carbons (Fsp3) is 0.278. The molecule has 0 unspecified atom stereocenters. The Morgan fingerprint density at radius 3 is 2.42 bits per heavy atom. The van der Waals surface area contributed by atoms with Crippen LogP contribution in [0.15, 0.2) is 57.5 Å². The fourth-order valence-corrected chi connectivity index (χ4v) is 2.62. The standard InChI is InChI=1S/C18H17FN2O3/c1-12-10-20(11-15(19)13-8-5-9-13)18(24)21(16(12)22)17(23)14-6-3-2-4-7-14/h2-4,6-7,10H,5,8-9,11H2,1H3. The number of aryl methyl sites for hydroxylation is 1. The predicted octanol–water partition coefficient (Wildman–Crippen LogP) is 2.41. The van der Waals surface area contributed by atoms with Gasteiger partial charge in [0.15, 0.2) is 0 Å². The van der Waals surface area contributed by atoms with Crippen LogP contribution in [-0.2, 0) is 6.54 Å². The summed E-state index contributed by atoms with van der Waals surface area (Å²) in [5, 5.41) is 0. The molecule has 6 heteroatoms. The second-order valence-corrected chi connectivity index (χ2v) is 5.90. The molecule has 1 fully saturated rings. The van der Waals surface area contributed by atoms with Gasteiger partial charge in [0.1, 0.15) is 5.83 Å². The van der Waals surface area contributed by atoms with Crippen molar-refractivity contribution in [2.75, 3.05) is 0 Å². The third-order valence-corrected chi connectivity index (χ3v) is 4.20. The second-order valence-electron chi connectivity index (χ2n) is 5.90. The van der Waals surface area contributed by atoms with Crippen LogP contribution in [-0.4, -0.2) is 15.0 Å². The molecule has 2 aromatic rings. The first-order valence-electron chi connectivity index (χ1n) is 7.78. The van der Waals surface area contributed by atoms with Gasteiger partial charge in [-0.25, -0.2) is 9.18 Å². The van der Waals surface area contributed by atoms with E-state index in [0.29, 0.717) is 23.0 Å². The number of aromatic nitrogens is 2. The summed E-state index contributed by atoms with van der Waals surface area (Å²) in [6.45, 7) is 1.25. The SMILES string of the molecule is Cc1cn(CC(F)=C2CCC2)c(=O)n(C(=O)c2ccccc2)c1=O. The van der Waals surface area contributed by atoms with Gasteiger partial charge < -0.3 is 0 Å². The van der Waals surface area contributed by atoms with Crippen LogP contribution in [0.1, 0.15) is 35.2 Å². The van der Waals surface area contributed by atoms with E-state index in [-0.39, 0.29) is 23.5 Å². The Morgan fingerprint density at radius 2 is 1.83 bits per heavy atom. The highest BCUT2D eigenvalue weighted by Gasteiger charge is 2.20. The average molecular weight is 328 g/mol. The molecule has 3 rings (SSSR count). The summed E-state index contributed by atoms with van der Waals surface area (Å²) in [4.78, 5) is 37.3. The maximum Gasteiger partial charge on any atom is 0.338 e. The molecule has 0 radical (unpaired) electrons. The van der Waals surface area contributed by atoms with E-state index in [4.69, 9.17) is 0 Å². The van der Waals surface area contributed by atoms with E-state index in [0.717, 1.165) is 11.0 Å². The van der Waals surface area contributed by atoms with Gasteiger partial charge in [-0.2, -0.15) is 4.57 Å². The van der Waals surface area contributed by atoms with E-state index in [2.05, 4.69) is 0 Å². The molecule has 24 heavy (non-hydrogen) atoms. The number of hydrogen-bond donors (Lipinski definition) is 0. The monoisotopic (exact) mass is 328 g/mol. The molecule has 1 heterocycles. The van der Waals surface area contributed by atoms with Crippen molar-refractivity contribution < 1.29 is 9.18 Å². The zero-order valence-electron chi connectivity index (χ0n) is 13.3. The topological polar surface area (TPSA) is 61.1 Å². The Balaban J connectivity index is 2.08. The van der Waals surface area contributed by atoms with Crippen molar-refractivity contribution in [3.8, 4) is 0 Å². The van der Waals surface area contributed by atoms with Gasteiger partial charge in [0.2, 0.25) is 0 Å². The third-order valence-electron chi connectivity index (χ3n) is 4.20. The molecule has 0 N–H and O–H groups in total. The van der Waals surface area contributed by atoms with Gasteiger partial charge in [0.25, 0.3) is 11.5 Å². The first kappa shape index (κ1) is 16.1. The maximum atomic E-state index is 14.1. The van der Waals surface area contributed by atoms with Gasteiger partial charge in [-0.1, -0.05) is 18.2 Å². The van der Waals surface area contributed by atoms with Crippen molar-refractivity contribution in [1.82, 2.24) is 9.13 Å². The molecule has 0 atom stereocenters. The van der Waals surface area contributed by atoms with Gasteiger partial charge >= 0.3 is 5.69 Å². The van der Waals surface area contributed by atoms with Crippen LogP contribution in [0.2, 0.25) is 0 Å². The quantitative estimate of drug-likeness (QED) is 0.869. The van der Waals surface area contributed by atoms with Crippen LogP contribution in [0.25, 0.3) is 0 Å². The van der Waals surface area contributed by atoms with Gasteiger partial charge in [0.05, 0.1) is 6.54 Å². The Labute approximate surface area is 137 Å². The first-order chi connectivity index (χ1) is 11.5. The molecular weight excluding hydrogens is 311 g/mol. The number of rotatable bonds is 3. The molecule has 5 nitrogen and oxygen atoms in total. The number of halogens is 1. The minimum absolute atomic E-state index is 0.213. The Bertz CT molecular complexity index is 933. The van der Waals surface area contributed by atoms with E-state index >= 15 is 0 Å². The van der Waals surface area contributed by atoms with Crippen molar-refractivity contribution in [2.45, 2.75) is 32.7 Å². The summed E-state index contributed by atoms with van der Waals surface area (Å²) in [7, 11) is 0. The normalized spacial score (nSPS) is 13.5. The molecule has 1 aromatic heterocycles. The van der Waals surface area contributed by atoms with Crippen molar-refractivity contribution in [2.24, 2.45) is 0 Å². The first-order valence-corrected chi connectivity index (χ1v) is 7.78. The highest BCUT2D eigenvalue weighted by Crippen LogP contribution is 2.29. The molecular formula is C18H17FN2O3. The Hall–Kier alpha value is -2.76. The van der Waals surface area contributed by atoms with E-state index < -0.39 is 17.2 Å². The minimum Gasteiger partial charge on any atom is -0.293 e. The highest BCUT2D eigenvalue weighted by atomic mass is 19.1. The third kappa shape index (κ3) is 2.87. The van der Waals surface area contributed by atoms with Crippen LogP contribution >= 0.6 is 0 Å². The Kier molecular flexibility index (Phi) is 4.29. The number of benzene rings is 1. The summed E-state index contributed by atoms with van der Waals surface area (Å²) < 4.78 is 15.8. The summed E-state index contributed by atoms with van der Waals surface area (Å²) in [6, 6.07) is 8.07. The van der Waals surface area contributed by atoms with Gasteiger partial charge in [0, 0.05) is 17.3 Å². The minimum atomic E-state index is -0.825. The molecule has 0 bridgehead atoms. The van der Waals surface area contributed by atoms with Crippen LogP contribution in [0.4, 0.5) is 4.39 Å². The van der Waals surface area contributed by atoms with Gasteiger partial charge in [-0.15, -0.1) is 0 Å². The van der Waals surface area contributed by atoms with Gasteiger partial charge in [-0.3, -0.25) is 14.2 Å². The zero-order chi connectivity index (χ0) is 17.3. The number of carbonyl (C=O) groups is 1. The van der Waals surface area contributed by atoms with Crippen LogP contribution in [0.3, 0.4) is 0 Å². The van der Waals surface area contributed by atoms with Crippen molar-refractivity contribution in [3.05, 3.63) is 79.9 Å². The lowest BCUT2D eigenvalue weighted by Crippen LogP contribution is -2.44. The molecule has 0 saturated heterocycles. The van der Waals surface area contributed by atoms with Gasteiger partial charge in [-0.05, 0) is 43.9 Å². The van der Waals surface area contributed by atoms with Crippen molar-refractivity contribution in [3.63, 3.8) is 0 Å². The van der Waals surface area contributed by atoms with Crippen molar-refractivity contribution >= 4 is 5.91 Å². The predicted molar refractivity (Wildman–Crippen MR) is 87.9 cm³/mol. The molecule has 124 valence electrons. The number of nitrogens with zero attached hydrogens (tertiary/aromatic N) is 2. The average Bonchev–Trinajstić information content (AvgIpc) is 2.52. The van der Waals surface area contributed by atoms with E-state index in [1.54, 1.807) is 18.2 Å². The summed E-state index contributed by atoms with van der Waals surface area (Å²) >= 11 is 0. The summed E-state index contributed by atoms with van der Waals surface area (Å²) in [6.07, 6.45) is 3.64. The fourth-order valence-electron chi connectivity index (χ4n) is 2.62. The smallest absolute Gasteiger partial charge is 0.293 e. The van der Waals surface area contributed by atoms with Crippen LogP contribution < -0.4 is 11.2 Å². The highest BCUT2D eigenvalue weighted by molar-refractivity contribution is 5.95. The lowest BCUT2D eigenvalue weighted by Gasteiger charge is -2.18. The zero-order valence-corrected chi connectivity index (χ0v) is 13.3. The molecule has 1 aliphatic carbocycles. The second kappa shape index (κ2) is 6.39. The molecule has 0 aliphatic heterocycles. The van der Waals surface area contributed by atoms with E-state index in [1.807, 2.05) is 0 Å². The molecule has 0 amide bonds. The van der Waals surface area contributed by atoms with Crippen LogP contribution in [0, 0.1) is 6.92 Å². The molecule has 1 saturated carbocycles. The maximum absolute atomic E-state index is 14.1. The number of allylic oxidation sites excluding steroid dienone is 2. The molecule has 0 spiro atoms. The lowest BCUT2D eigenvalue weighted by molar-refractivity contribution is 0.0948. The van der Waals surface area contributed by atoms with E-state index in [9.17, 15) is 18.8 Å².